The molecule has 2 rings (SSSR count). The first-order valence-corrected chi connectivity index (χ1v) is 5.63. The van der Waals surface area contributed by atoms with E-state index in [1.54, 1.807) is 24.0 Å². The number of nitrogens with zero attached hydrogens (tertiary/aromatic N) is 2. The van der Waals surface area contributed by atoms with Crippen LogP contribution in [0.1, 0.15) is 16.1 Å². The Hall–Kier alpha value is -2.41. The third-order valence-corrected chi connectivity index (χ3v) is 2.60. The molecule has 0 unspecified atom stereocenters. The topological polar surface area (TPSA) is 85.0 Å². The largest absolute Gasteiger partial charge is 0.346 e. The molecule has 7 heteroatoms. The van der Waals surface area contributed by atoms with Gasteiger partial charge in [0.05, 0.1) is 23.5 Å². The van der Waals surface area contributed by atoms with Crippen molar-refractivity contribution in [2.75, 3.05) is 5.43 Å². The van der Waals surface area contributed by atoms with Gasteiger partial charge >= 0.3 is 0 Å². The molecular weight excluding hydrogens is 249 g/mol. The van der Waals surface area contributed by atoms with E-state index in [0.717, 1.165) is 5.69 Å². The number of hydrogen-bond acceptors (Lipinski definition) is 4. The van der Waals surface area contributed by atoms with Crippen LogP contribution in [-0.4, -0.2) is 15.7 Å². The molecule has 0 bridgehead atoms. The number of anilines is 1. The minimum absolute atomic E-state index is 0.0268. The van der Waals surface area contributed by atoms with Crippen molar-refractivity contribution in [3.05, 3.63) is 47.5 Å². The first-order chi connectivity index (χ1) is 9.11. The Balaban J connectivity index is 2.10. The maximum absolute atomic E-state index is 13.4. The highest BCUT2D eigenvalue weighted by molar-refractivity contribution is 5.99. The van der Waals surface area contributed by atoms with Crippen LogP contribution in [0.15, 0.2) is 30.5 Å². The average molecular weight is 263 g/mol. The van der Waals surface area contributed by atoms with Crippen LogP contribution in [0.5, 0.6) is 0 Å². The fourth-order valence-corrected chi connectivity index (χ4v) is 1.68. The molecular formula is C12H14FN5O. The van der Waals surface area contributed by atoms with E-state index in [9.17, 15) is 9.18 Å². The number of amides is 1. The third kappa shape index (κ3) is 2.89. The van der Waals surface area contributed by atoms with Crippen LogP contribution in [0.4, 0.5) is 10.1 Å². The Morgan fingerprint density at radius 3 is 2.89 bits per heavy atom. The summed E-state index contributed by atoms with van der Waals surface area (Å²) in [7, 11) is 1.79. The van der Waals surface area contributed by atoms with Gasteiger partial charge in [-0.05, 0) is 18.2 Å². The van der Waals surface area contributed by atoms with Crippen LogP contribution < -0.4 is 16.6 Å². The summed E-state index contributed by atoms with van der Waals surface area (Å²) in [6.45, 7) is 0.264. The number of hydrazine groups is 1. The number of nitrogens with one attached hydrogen (secondary N) is 2. The first kappa shape index (κ1) is 13.0. The lowest BCUT2D eigenvalue weighted by Crippen LogP contribution is -2.25. The fourth-order valence-electron chi connectivity index (χ4n) is 1.68. The second-order valence-electron chi connectivity index (χ2n) is 3.97. The van der Waals surface area contributed by atoms with E-state index >= 15 is 0 Å². The van der Waals surface area contributed by atoms with Crippen LogP contribution >= 0.6 is 0 Å². The molecule has 1 aromatic heterocycles. The molecule has 0 spiro atoms. The number of rotatable bonds is 4. The van der Waals surface area contributed by atoms with E-state index < -0.39 is 11.7 Å². The Morgan fingerprint density at radius 2 is 2.26 bits per heavy atom. The molecule has 2 aromatic rings. The summed E-state index contributed by atoms with van der Waals surface area (Å²) in [6.07, 6.45) is 1.77. The van der Waals surface area contributed by atoms with E-state index in [0.29, 0.717) is 0 Å². The fraction of sp³-hybridized carbons (Fsp3) is 0.167. The summed E-state index contributed by atoms with van der Waals surface area (Å²) in [5.41, 5.74) is 3.03. The molecule has 1 aromatic carbocycles. The van der Waals surface area contributed by atoms with Crippen molar-refractivity contribution in [3.63, 3.8) is 0 Å². The molecule has 1 heterocycles. The van der Waals surface area contributed by atoms with Crippen LogP contribution in [0, 0.1) is 5.82 Å². The monoisotopic (exact) mass is 263 g/mol. The number of hydrogen-bond donors (Lipinski definition) is 3. The molecule has 0 saturated carbocycles. The van der Waals surface area contributed by atoms with Gasteiger partial charge in [-0.25, -0.2) is 4.39 Å². The van der Waals surface area contributed by atoms with E-state index in [2.05, 4.69) is 15.8 Å². The van der Waals surface area contributed by atoms with Crippen molar-refractivity contribution < 1.29 is 9.18 Å². The molecule has 0 fully saturated rings. The molecule has 4 N–H and O–H groups in total. The predicted octanol–water partition coefficient (Wildman–Crippen LogP) is 0.775. The highest BCUT2D eigenvalue weighted by Crippen LogP contribution is 2.18. The third-order valence-electron chi connectivity index (χ3n) is 2.60. The molecule has 19 heavy (non-hydrogen) atoms. The quantitative estimate of drug-likeness (QED) is 0.562. The van der Waals surface area contributed by atoms with Crippen LogP contribution in [-0.2, 0) is 13.6 Å². The average Bonchev–Trinajstić information content (AvgIpc) is 2.81. The summed E-state index contributed by atoms with van der Waals surface area (Å²) in [4.78, 5) is 11.9. The molecule has 0 aliphatic carbocycles. The van der Waals surface area contributed by atoms with Gasteiger partial charge in [0.2, 0.25) is 0 Å². The minimum Gasteiger partial charge on any atom is -0.346 e. The zero-order valence-electron chi connectivity index (χ0n) is 10.4. The number of nitrogen functional groups attached to an aromatic ring is 1. The lowest BCUT2D eigenvalue weighted by molar-refractivity contribution is 0.0950. The molecule has 0 atom stereocenters. The van der Waals surface area contributed by atoms with Gasteiger partial charge < -0.3 is 10.7 Å². The van der Waals surface area contributed by atoms with Crippen LogP contribution in [0.2, 0.25) is 0 Å². The molecule has 0 radical (unpaired) electrons. The first-order valence-electron chi connectivity index (χ1n) is 5.63. The van der Waals surface area contributed by atoms with Crippen LogP contribution in [0.25, 0.3) is 0 Å². The zero-order valence-corrected chi connectivity index (χ0v) is 10.4. The molecule has 6 nitrogen and oxygen atoms in total. The Morgan fingerprint density at radius 1 is 1.47 bits per heavy atom. The molecule has 0 aliphatic rings. The van der Waals surface area contributed by atoms with Crippen molar-refractivity contribution in [2.45, 2.75) is 6.54 Å². The number of aryl methyl sites for hydroxylation is 1. The smallest absolute Gasteiger partial charge is 0.253 e. The highest BCUT2D eigenvalue weighted by atomic mass is 19.1. The maximum atomic E-state index is 13.4. The number of halogens is 1. The standard InChI is InChI=1S/C12H14FN5O/c1-18-6-5-8(17-18)7-15-12(19)9-3-2-4-10(13)11(9)16-14/h2-6,16H,7,14H2,1H3,(H,15,19). The number of benzene rings is 1. The van der Waals surface area contributed by atoms with Gasteiger partial charge in [-0.2, -0.15) is 5.10 Å². The van der Waals surface area contributed by atoms with Gasteiger partial charge in [-0.15, -0.1) is 0 Å². The SMILES string of the molecule is Cn1ccc(CNC(=O)c2cccc(F)c2NN)n1. The van der Waals surface area contributed by atoms with Crippen molar-refractivity contribution >= 4 is 11.6 Å². The van der Waals surface area contributed by atoms with E-state index in [-0.39, 0.29) is 17.8 Å². The summed E-state index contributed by atoms with van der Waals surface area (Å²) >= 11 is 0. The van der Waals surface area contributed by atoms with Crippen molar-refractivity contribution in [2.24, 2.45) is 12.9 Å². The molecule has 0 aliphatic heterocycles. The minimum atomic E-state index is -0.576. The zero-order chi connectivity index (χ0) is 13.8. The van der Waals surface area contributed by atoms with E-state index in [4.69, 9.17) is 5.84 Å². The Bertz CT molecular complexity index is 596. The summed E-state index contributed by atoms with van der Waals surface area (Å²) in [5, 5.41) is 6.78. The number of aromatic nitrogens is 2. The van der Waals surface area contributed by atoms with Crippen molar-refractivity contribution in [3.8, 4) is 0 Å². The molecule has 0 saturated heterocycles. The second kappa shape index (κ2) is 5.49. The van der Waals surface area contributed by atoms with Gasteiger partial charge in [0, 0.05) is 13.2 Å². The van der Waals surface area contributed by atoms with Gasteiger partial charge in [0.25, 0.3) is 5.91 Å². The van der Waals surface area contributed by atoms with Gasteiger partial charge in [0.1, 0.15) is 5.82 Å². The lowest BCUT2D eigenvalue weighted by Gasteiger charge is -2.09. The second-order valence-corrected chi connectivity index (χ2v) is 3.97. The van der Waals surface area contributed by atoms with Gasteiger partial charge in [0.15, 0.2) is 0 Å². The van der Waals surface area contributed by atoms with Gasteiger partial charge in [-0.1, -0.05) is 6.07 Å². The number of carbonyl (C=O) groups is 1. The van der Waals surface area contributed by atoms with Crippen molar-refractivity contribution in [1.82, 2.24) is 15.1 Å². The maximum Gasteiger partial charge on any atom is 0.253 e. The Kier molecular flexibility index (Phi) is 3.76. The van der Waals surface area contributed by atoms with Crippen LogP contribution in [0.3, 0.4) is 0 Å². The summed E-state index contributed by atoms with van der Waals surface area (Å²) in [5.74, 6) is 4.22. The number of nitrogens with two attached hydrogens (primary N) is 1. The molecule has 1 amide bonds. The number of para-hydroxylation sites is 1. The summed E-state index contributed by atoms with van der Waals surface area (Å²) < 4.78 is 15.1. The molecule has 100 valence electrons. The van der Waals surface area contributed by atoms with E-state index in [1.807, 2.05) is 0 Å². The highest BCUT2D eigenvalue weighted by Gasteiger charge is 2.14. The van der Waals surface area contributed by atoms with Crippen molar-refractivity contribution in [1.29, 1.82) is 0 Å². The normalized spacial score (nSPS) is 10.3. The summed E-state index contributed by atoms with van der Waals surface area (Å²) in [6, 6.07) is 5.95. The Labute approximate surface area is 109 Å². The van der Waals surface area contributed by atoms with Gasteiger partial charge in [-0.3, -0.25) is 15.3 Å². The number of carbonyl (C=O) groups excluding carboxylic acids is 1. The predicted molar refractivity (Wildman–Crippen MR) is 68.6 cm³/mol. The lowest BCUT2D eigenvalue weighted by atomic mass is 10.1. The van der Waals surface area contributed by atoms with E-state index in [1.165, 1.54) is 18.2 Å².